The van der Waals surface area contributed by atoms with Crippen molar-refractivity contribution in [1.82, 2.24) is 14.2 Å². The molecule has 0 saturated carbocycles. The third-order valence-corrected chi connectivity index (χ3v) is 6.51. The molecule has 23 heavy (non-hydrogen) atoms. The molecule has 1 aromatic carbocycles. The van der Waals surface area contributed by atoms with Crippen LogP contribution >= 0.6 is 0 Å². The maximum Gasteiger partial charge on any atom is 0.214 e. The van der Waals surface area contributed by atoms with Crippen LogP contribution in [-0.4, -0.2) is 54.5 Å². The fourth-order valence-electron chi connectivity index (χ4n) is 3.12. The van der Waals surface area contributed by atoms with Crippen LogP contribution in [0.25, 0.3) is 10.9 Å². The molecule has 3 rings (SSSR count). The first-order valence-electron chi connectivity index (χ1n) is 8.35. The van der Waals surface area contributed by atoms with Crippen LogP contribution < -0.4 is 0 Å². The van der Waals surface area contributed by atoms with Gasteiger partial charge in [-0.25, -0.2) is 8.42 Å². The first-order valence-corrected chi connectivity index (χ1v) is 9.96. The Morgan fingerprint density at radius 3 is 2.61 bits per heavy atom. The van der Waals surface area contributed by atoms with Gasteiger partial charge in [0.05, 0.1) is 5.75 Å². The Labute approximate surface area is 138 Å². The van der Waals surface area contributed by atoms with Crippen LogP contribution in [0.4, 0.5) is 0 Å². The van der Waals surface area contributed by atoms with E-state index in [-0.39, 0.29) is 5.75 Å². The Morgan fingerprint density at radius 1 is 1.13 bits per heavy atom. The second kappa shape index (κ2) is 7.03. The van der Waals surface area contributed by atoms with Crippen molar-refractivity contribution in [1.29, 1.82) is 0 Å². The molecule has 1 aliphatic rings. The summed E-state index contributed by atoms with van der Waals surface area (Å²) in [4.78, 5) is 5.64. The lowest BCUT2D eigenvalue weighted by Crippen LogP contribution is -2.48. The number of H-pyrrole nitrogens is 1. The summed E-state index contributed by atoms with van der Waals surface area (Å²) in [5.74, 6) is 0.284. The molecule has 1 N–H and O–H groups in total. The van der Waals surface area contributed by atoms with Crippen molar-refractivity contribution < 1.29 is 8.42 Å². The second-order valence-electron chi connectivity index (χ2n) is 6.20. The highest BCUT2D eigenvalue weighted by molar-refractivity contribution is 7.89. The molecule has 0 aliphatic carbocycles. The molecule has 0 atom stereocenters. The van der Waals surface area contributed by atoms with Gasteiger partial charge in [0.15, 0.2) is 0 Å². The second-order valence-corrected chi connectivity index (χ2v) is 8.29. The minimum Gasteiger partial charge on any atom is -0.361 e. The molecule has 5 nitrogen and oxygen atoms in total. The van der Waals surface area contributed by atoms with E-state index in [0.717, 1.165) is 38.0 Å². The van der Waals surface area contributed by atoms with E-state index in [1.165, 1.54) is 10.9 Å². The molecule has 0 bridgehead atoms. The van der Waals surface area contributed by atoms with Crippen LogP contribution in [0.1, 0.15) is 25.3 Å². The van der Waals surface area contributed by atoms with Crippen LogP contribution in [0.2, 0.25) is 0 Å². The summed E-state index contributed by atoms with van der Waals surface area (Å²) >= 11 is 0. The van der Waals surface area contributed by atoms with Crippen LogP contribution in [-0.2, 0) is 16.6 Å². The SMILES string of the molecule is CCCCS(=O)(=O)N1CCN(Cc2c[nH]c3ccccc23)CC1. The minimum absolute atomic E-state index is 0.284. The molecule has 1 fully saturated rings. The zero-order valence-electron chi connectivity index (χ0n) is 13.7. The largest absolute Gasteiger partial charge is 0.361 e. The standard InChI is InChI=1S/C17H25N3O2S/c1-2-3-12-23(21,22)20-10-8-19(9-11-20)14-15-13-18-17-7-5-4-6-16(15)17/h4-7,13,18H,2-3,8-12,14H2,1H3. The van der Waals surface area contributed by atoms with E-state index >= 15 is 0 Å². The third kappa shape index (κ3) is 3.76. The highest BCUT2D eigenvalue weighted by Gasteiger charge is 2.26. The maximum absolute atomic E-state index is 12.2. The number of hydrogen-bond acceptors (Lipinski definition) is 3. The topological polar surface area (TPSA) is 56.4 Å². The van der Waals surface area contributed by atoms with Crippen molar-refractivity contribution in [2.24, 2.45) is 0 Å². The maximum atomic E-state index is 12.2. The number of nitrogens with one attached hydrogen (secondary N) is 1. The number of hydrogen-bond donors (Lipinski definition) is 1. The van der Waals surface area contributed by atoms with E-state index in [2.05, 4.69) is 34.3 Å². The molecular formula is C17H25N3O2S. The third-order valence-electron chi connectivity index (χ3n) is 4.55. The van der Waals surface area contributed by atoms with Crippen molar-refractivity contribution in [2.45, 2.75) is 26.3 Å². The first kappa shape index (κ1) is 16.5. The molecule has 1 saturated heterocycles. The fraction of sp³-hybridized carbons (Fsp3) is 0.529. The average molecular weight is 335 g/mol. The number of unbranched alkanes of at least 4 members (excludes halogenated alkanes) is 1. The summed E-state index contributed by atoms with van der Waals surface area (Å²) < 4.78 is 26.2. The minimum atomic E-state index is -3.07. The van der Waals surface area contributed by atoms with Gasteiger partial charge < -0.3 is 4.98 Å². The summed E-state index contributed by atoms with van der Waals surface area (Å²) in [7, 11) is -3.07. The number of sulfonamides is 1. The van der Waals surface area contributed by atoms with Crippen molar-refractivity contribution in [3.63, 3.8) is 0 Å². The van der Waals surface area contributed by atoms with E-state index in [1.807, 2.05) is 13.0 Å². The van der Waals surface area contributed by atoms with Gasteiger partial charge in [-0.2, -0.15) is 4.31 Å². The van der Waals surface area contributed by atoms with Crippen LogP contribution in [0.3, 0.4) is 0 Å². The number of aromatic nitrogens is 1. The molecule has 1 aliphatic heterocycles. The molecule has 126 valence electrons. The van der Waals surface area contributed by atoms with E-state index < -0.39 is 10.0 Å². The quantitative estimate of drug-likeness (QED) is 0.882. The summed E-state index contributed by atoms with van der Waals surface area (Å²) in [5, 5.41) is 1.26. The smallest absolute Gasteiger partial charge is 0.214 e. The van der Waals surface area contributed by atoms with Gasteiger partial charge in [0, 0.05) is 49.8 Å². The Bertz CT molecular complexity index is 746. The van der Waals surface area contributed by atoms with Crippen molar-refractivity contribution in [2.75, 3.05) is 31.9 Å². The number of fused-ring (bicyclic) bond motifs is 1. The normalized spacial score (nSPS) is 17.8. The van der Waals surface area contributed by atoms with Crippen molar-refractivity contribution >= 4 is 20.9 Å². The summed E-state index contributed by atoms with van der Waals surface area (Å²) in [6.07, 6.45) is 3.73. The number of piperazine rings is 1. The Hall–Kier alpha value is -1.37. The molecule has 2 heterocycles. The lowest BCUT2D eigenvalue weighted by atomic mass is 10.1. The number of benzene rings is 1. The highest BCUT2D eigenvalue weighted by atomic mass is 32.2. The van der Waals surface area contributed by atoms with E-state index in [4.69, 9.17) is 0 Å². The molecule has 6 heteroatoms. The first-order chi connectivity index (χ1) is 11.1. The Kier molecular flexibility index (Phi) is 5.04. The van der Waals surface area contributed by atoms with Gasteiger partial charge in [-0.15, -0.1) is 0 Å². The van der Waals surface area contributed by atoms with Crippen molar-refractivity contribution in [3.05, 3.63) is 36.0 Å². The van der Waals surface area contributed by atoms with Gasteiger partial charge in [-0.3, -0.25) is 4.90 Å². The van der Waals surface area contributed by atoms with Crippen LogP contribution in [0.5, 0.6) is 0 Å². The molecule has 0 unspecified atom stereocenters. The Morgan fingerprint density at radius 2 is 1.87 bits per heavy atom. The highest BCUT2D eigenvalue weighted by Crippen LogP contribution is 2.20. The van der Waals surface area contributed by atoms with Gasteiger partial charge in [-0.1, -0.05) is 31.5 Å². The number of para-hydroxylation sites is 1. The van der Waals surface area contributed by atoms with Crippen molar-refractivity contribution in [3.8, 4) is 0 Å². The zero-order valence-corrected chi connectivity index (χ0v) is 14.5. The molecule has 1 aromatic heterocycles. The number of nitrogens with zero attached hydrogens (tertiary/aromatic N) is 2. The van der Waals surface area contributed by atoms with Gasteiger partial charge in [0.1, 0.15) is 0 Å². The summed E-state index contributed by atoms with van der Waals surface area (Å²) in [5.41, 5.74) is 2.44. The van der Waals surface area contributed by atoms with Crippen LogP contribution in [0.15, 0.2) is 30.5 Å². The lowest BCUT2D eigenvalue weighted by molar-refractivity contribution is 0.182. The lowest BCUT2D eigenvalue weighted by Gasteiger charge is -2.33. The average Bonchev–Trinajstić information content (AvgIpc) is 2.97. The molecular weight excluding hydrogens is 310 g/mol. The molecule has 2 aromatic rings. The van der Waals surface area contributed by atoms with Crippen LogP contribution in [0, 0.1) is 0 Å². The number of rotatable bonds is 6. The Balaban J connectivity index is 1.59. The number of aromatic amines is 1. The summed E-state index contributed by atoms with van der Waals surface area (Å²) in [6.45, 7) is 5.69. The predicted molar refractivity (Wildman–Crippen MR) is 93.8 cm³/mol. The van der Waals surface area contributed by atoms with Gasteiger partial charge in [0.2, 0.25) is 10.0 Å². The van der Waals surface area contributed by atoms with E-state index in [0.29, 0.717) is 13.1 Å². The van der Waals surface area contributed by atoms with Gasteiger partial charge in [0.25, 0.3) is 0 Å². The molecule has 0 spiro atoms. The summed E-state index contributed by atoms with van der Waals surface area (Å²) in [6, 6.07) is 8.30. The molecule has 0 amide bonds. The van der Waals surface area contributed by atoms with Gasteiger partial charge in [-0.05, 0) is 18.1 Å². The molecule has 0 radical (unpaired) electrons. The fourth-order valence-corrected chi connectivity index (χ4v) is 4.76. The van der Waals surface area contributed by atoms with Gasteiger partial charge >= 0.3 is 0 Å². The zero-order chi connectivity index (χ0) is 16.3. The monoisotopic (exact) mass is 335 g/mol. The predicted octanol–water partition coefficient (Wildman–Crippen LogP) is 2.42. The van der Waals surface area contributed by atoms with E-state index in [1.54, 1.807) is 4.31 Å². The van der Waals surface area contributed by atoms with E-state index in [9.17, 15) is 8.42 Å².